The molecule has 0 radical (unpaired) electrons. The van der Waals surface area contributed by atoms with Crippen LogP contribution in [0.1, 0.15) is 17.9 Å². The van der Waals surface area contributed by atoms with E-state index >= 15 is 0 Å². The number of carbonyl (C=O) groups excluding carboxylic acids is 1. The zero-order valence-electron chi connectivity index (χ0n) is 9.23. The number of nitrogens with one attached hydrogen (secondary N) is 1. The van der Waals surface area contributed by atoms with Gasteiger partial charge in [0.1, 0.15) is 0 Å². The molecule has 3 rings (SSSR count). The van der Waals surface area contributed by atoms with Crippen molar-refractivity contribution in [1.29, 1.82) is 0 Å². The van der Waals surface area contributed by atoms with Gasteiger partial charge in [-0.3, -0.25) is 4.79 Å². The summed E-state index contributed by atoms with van der Waals surface area (Å²) in [5.41, 5.74) is 2.52. The summed E-state index contributed by atoms with van der Waals surface area (Å²) < 4.78 is 2.11. The van der Waals surface area contributed by atoms with E-state index in [9.17, 15) is 4.79 Å². The molecule has 3 nitrogen and oxygen atoms in total. The van der Waals surface area contributed by atoms with E-state index in [4.69, 9.17) is 0 Å². The Kier molecular flexibility index (Phi) is 1.99. The summed E-state index contributed by atoms with van der Waals surface area (Å²) in [5.74, 6) is 0.497. The van der Waals surface area contributed by atoms with Crippen molar-refractivity contribution in [2.45, 2.75) is 12.3 Å². The normalized spacial score (nSPS) is 20.3. The first-order valence-corrected chi connectivity index (χ1v) is 5.56. The molecule has 0 saturated carbocycles. The monoisotopic (exact) mass is 214 g/mol. The molecule has 0 spiro atoms. The highest BCUT2D eigenvalue weighted by Crippen LogP contribution is 2.30. The Balaban J connectivity index is 2.13. The van der Waals surface area contributed by atoms with Crippen LogP contribution in [0.5, 0.6) is 0 Å². The second-order valence-electron chi connectivity index (χ2n) is 4.41. The molecule has 1 N–H and O–H groups in total. The second-order valence-corrected chi connectivity index (χ2v) is 4.41. The molecule has 0 aliphatic carbocycles. The van der Waals surface area contributed by atoms with Crippen LogP contribution in [0.2, 0.25) is 0 Å². The van der Waals surface area contributed by atoms with Gasteiger partial charge in [0, 0.05) is 43.0 Å². The van der Waals surface area contributed by atoms with Crippen molar-refractivity contribution in [2.24, 2.45) is 7.05 Å². The van der Waals surface area contributed by atoms with Gasteiger partial charge in [0.2, 0.25) is 5.91 Å². The van der Waals surface area contributed by atoms with Gasteiger partial charge in [-0.2, -0.15) is 0 Å². The van der Waals surface area contributed by atoms with E-state index in [1.165, 1.54) is 16.5 Å². The fourth-order valence-corrected chi connectivity index (χ4v) is 2.51. The third kappa shape index (κ3) is 1.32. The summed E-state index contributed by atoms with van der Waals surface area (Å²) in [7, 11) is 2.05. The molecule has 1 aromatic heterocycles. The quantitative estimate of drug-likeness (QED) is 0.771. The lowest BCUT2D eigenvalue weighted by Gasteiger charge is -2.09. The van der Waals surface area contributed by atoms with Crippen LogP contribution >= 0.6 is 0 Å². The predicted molar refractivity (Wildman–Crippen MR) is 63.3 cm³/mol. The lowest BCUT2D eigenvalue weighted by molar-refractivity contribution is -0.119. The van der Waals surface area contributed by atoms with Crippen LogP contribution in [0.4, 0.5) is 0 Å². The smallest absolute Gasteiger partial charge is 0.220 e. The number of benzene rings is 1. The molecule has 3 heteroatoms. The topological polar surface area (TPSA) is 34.0 Å². The maximum atomic E-state index is 11.3. The second kappa shape index (κ2) is 3.37. The Morgan fingerprint density at radius 3 is 3.00 bits per heavy atom. The van der Waals surface area contributed by atoms with Gasteiger partial charge in [0.05, 0.1) is 0 Å². The standard InChI is InChI=1S/C13H14N2O/c1-15-6-5-11-10(3-2-4-12(11)15)9-7-13(16)14-8-9/h2-6,9H,7-8H2,1H3,(H,14,16). The molecule has 82 valence electrons. The van der Waals surface area contributed by atoms with E-state index < -0.39 is 0 Å². The van der Waals surface area contributed by atoms with E-state index in [0.717, 1.165) is 6.54 Å². The largest absolute Gasteiger partial charge is 0.355 e. The van der Waals surface area contributed by atoms with Crippen LogP contribution in [0, 0.1) is 0 Å². The average Bonchev–Trinajstić information content (AvgIpc) is 2.86. The van der Waals surface area contributed by atoms with Crippen molar-refractivity contribution in [3.05, 3.63) is 36.0 Å². The number of nitrogens with zero attached hydrogens (tertiary/aromatic N) is 1. The van der Waals surface area contributed by atoms with Crippen LogP contribution in [0.15, 0.2) is 30.5 Å². The zero-order chi connectivity index (χ0) is 11.1. The van der Waals surface area contributed by atoms with Crippen molar-refractivity contribution in [3.63, 3.8) is 0 Å². The maximum Gasteiger partial charge on any atom is 0.220 e. The summed E-state index contributed by atoms with van der Waals surface area (Å²) in [4.78, 5) is 11.3. The Morgan fingerprint density at radius 1 is 1.38 bits per heavy atom. The summed E-state index contributed by atoms with van der Waals surface area (Å²) in [6.45, 7) is 0.771. The van der Waals surface area contributed by atoms with Crippen molar-refractivity contribution < 1.29 is 4.79 Å². The average molecular weight is 214 g/mol. The summed E-state index contributed by atoms with van der Waals surface area (Å²) >= 11 is 0. The lowest BCUT2D eigenvalue weighted by atomic mass is 9.95. The van der Waals surface area contributed by atoms with Crippen LogP contribution in [0.3, 0.4) is 0 Å². The molecule has 1 amide bonds. The number of fused-ring (bicyclic) bond motifs is 1. The number of aryl methyl sites for hydroxylation is 1. The fraction of sp³-hybridized carbons (Fsp3) is 0.308. The molecule has 1 aromatic carbocycles. The molecule has 1 aliphatic rings. The summed E-state index contributed by atoms with van der Waals surface area (Å²) in [5, 5.41) is 4.16. The highest BCUT2D eigenvalue weighted by molar-refractivity contribution is 5.86. The first kappa shape index (κ1) is 9.46. The minimum absolute atomic E-state index is 0.165. The number of rotatable bonds is 1. The van der Waals surface area contributed by atoms with Crippen LogP contribution in [-0.2, 0) is 11.8 Å². The van der Waals surface area contributed by atoms with Crippen molar-refractivity contribution >= 4 is 16.8 Å². The molecular weight excluding hydrogens is 200 g/mol. The van der Waals surface area contributed by atoms with Gasteiger partial charge < -0.3 is 9.88 Å². The van der Waals surface area contributed by atoms with Crippen LogP contribution in [-0.4, -0.2) is 17.0 Å². The van der Waals surface area contributed by atoms with Crippen molar-refractivity contribution in [1.82, 2.24) is 9.88 Å². The van der Waals surface area contributed by atoms with Gasteiger partial charge in [0.15, 0.2) is 0 Å². The van der Waals surface area contributed by atoms with E-state index in [-0.39, 0.29) is 5.91 Å². The Hall–Kier alpha value is -1.77. The fourth-order valence-electron chi connectivity index (χ4n) is 2.51. The van der Waals surface area contributed by atoms with Crippen LogP contribution in [0.25, 0.3) is 10.9 Å². The Labute approximate surface area is 94.1 Å². The number of hydrogen-bond acceptors (Lipinski definition) is 1. The van der Waals surface area contributed by atoms with Gasteiger partial charge in [-0.15, -0.1) is 0 Å². The third-order valence-corrected chi connectivity index (χ3v) is 3.38. The van der Waals surface area contributed by atoms with E-state index in [1.54, 1.807) is 0 Å². The minimum atomic E-state index is 0.165. The molecule has 1 aliphatic heterocycles. The van der Waals surface area contributed by atoms with Crippen molar-refractivity contribution in [3.8, 4) is 0 Å². The molecule has 2 heterocycles. The number of aromatic nitrogens is 1. The summed E-state index contributed by atoms with van der Waals surface area (Å²) in [6, 6.07) is 8.45. The van der Waals surface area contributed by atoms with E-state index in [0.29, 0.717) is 12.3 Å². The molecule has 1 atom stereocenters. The minimum Gasteiger partial charge on any atom is -0.355 e. The predicted octanol–water partition coefficient (Wildman–Crippen LogP) is 1.78. The Morgan fingerprint density at radius 2 is 2.25 bits per heavy atom. The molecular formula is C13H14N2O. The number of hydrogen-bond donors (Lipinski definition) is 1. The van der Waals surface area contributed by atoms with E-state index in [1.807, 2.05) is 7.05 Å². The van der Waals surface area contributed by atoms with Gasteiger partial charge in [-0.1, -0.05) is 12.1 Å². The molecule has 1 fully saturated rings. The number of carbonyl (C=O) groups is 1. The van der Waals surface area contributed by atoms with Gasteiger partial charge in [0.25, 0.3) is 0 Å². The third-order valence-electron chi connectivity index (χ3n) is 3.38. The van der Waals surface area contributed by atoms with Gasteiger partial charge in [-0.05, 0) is 17.7 Å². The lowest BCUT2D eigenvalue weighted by Crippen LogP contribution is -2.13. The maximum absolute atomic E-state index is 11.3. The molecule has 1 unspecified atom stereocenters. The SMILES string of the molecule is Cn1ccc2c(C3CNC(=O)C3)cccc21. The Bertz CT molecular complexity index is 556. The molecule has 16 heavy (non-hydrogen) atoms. The highest BCUT2D eigenvalue weighted by Gasteiger charge is 2.24. The molecule has 0 bridgehead atoms. The van der Waals surface area contributed by atoms with Crippen molar-refractivity contribution in [2.75, 3.05) is 6.54 Å². The molecule has 2 aromatic rings. The molecule has 1 saturated heterocycles. The highest BCUT2D eigenvalue weighted by atomic mass is 16.1. The first-order chi connectivity index (χ1) is 7.75. The van der Waals surface area contributed by atoms with Gasteiger partial charge >= 0.3 is 0 Å². The van der Waals surface area contributed by atoms with E-state index in [2.05, 4.69) is 40.3 Å². The number of amides is 1. The van der Waals surface area contributed by atoms with Gasteiger partial charge in [-0.25, -0.2) is 0 Å². The zero-order valence-corrected chi connectivity index (χ0v) is 9.23. The first-order valence-electron chi connectivity index (χ1n) is 5.56. The summed E-state index contributed by atoms with van der Waals surface area (Å²) in [6.07, 6.45) is 2.69. The van der Waals surface area contributed by atoms with Crippen LogP contribution < -0.4 is 5.32 Å².